The van der Waals surface area contributed by atoms with Gasteiger partial charge in [-0.25, -0.2) is 0 Å². The predicted octanol–water partition coefficient (Wildman–Crippen LogP) is 4.46. The van der Waals surface area contributed by atoms with Gasteiger partial charge in [0.1, 0.15) is 0 Å². The maximum atomic E-state index is 5.68. The van der Waals surface area contributed by atoms with Crippen molar-refractivity contribution in [1.82, 2.24) is 0 Å². The first-order valence-electron chi connectivity index (χ1n) is 7.38. The molecular formula is C19H20N2. The third kappa shape index (κ3) is 2.63. The number of benzene rings is 3. The molecule has 3 rings (SSSR count). The summed E-state index contributed by atoms with van der Waals surface area (Å²) in [5, 5.41) is 2.55. The highest BCUT2D eigenvalue weighted by atomic mass is 15.1. The highest BCUT2D eigenvalue weighted by Gasteiger charge is 2.10. The second-order valence-corrected chi connectivity index (χ2v) is 5.11. The molecule has 0 amide bonds. The fourth-order valence-corrected chi connectivity index (χ4v) is 2.75. The minimum Gasteiger partial charge on any atom is -0.341 e. The van der Waals surface area contributed by atoms with Gasteiger partial charge < -0.3 is 10.6 Å². The number of hydrogen-bond acceptors (Lipinski definition) is 2. The van der Waals surface area contributed by atoms with E-state index in [1.54, 1.807) is 0 Å². The predicted molar refractivity (Wildman–Crippen MR) is 91.0 cm³/mol. The monoisotopic (exact) mass is 276 g/mol. The molecule has 0 atom stereocenters. The molecule has 0 aromatic heterocycles. The van der Waals surface area contributed by atoms with Crippen LogP contribution in [0.4, 0.5) is 11.4 Å². The van der Waals surface area contributed by atoms with Gasteiger partial charge in [-0.1, -0.05) is 48.5 Å². The van der Waals surface area contributed by atoms with Crippen LogP contribution >= 0.6 is 0 Å². The Labute approximate surface area is 125 Å². The van der Waals surface area contributed by atoms with Crippen LogP contribution < -0.4 is 10.6 Å². The second kappa shape index (κ2) is 5.98. The van der Waals surface area contributed by atoms with Crippen molar-refractivity contribution in [2.45, 2.75) is 13.5 Å². The molecule has 2 heteroatoms. The Kier molecular flexibility index (Phi) is 3.89. The van der Waals surface area contributed by atoms with E-state index in [1.807, 2.05) is 0 Å². The van der Waals surface area contributed by atoms with Gasteiger partial charge in [0.25, 0.3) is 0 Å². The largest absolute Gasteiger partial charge is 0.341 e. The molecule has 0 heterocycles. The quantitative estimate of drug-likeness (QED) is 0.762. The van der Waals surface area contributed by atoms with Crippen LogP contribution in [-0.4, -0.2) is 6.54 Å². The Bertz CT molecular complexity index is 727. The highest BCUT2D eigenvalue weighted by Crippen LogP contribution is 2.32. The summed E-state index contributed by atoms with van der Waals surface area (Å²) < 4.78 is 0. The van der Waals surface area contributed by atoms with E-state index in [1.165, 1.54) is 22.1 Å². The van der Waals surface area contributed by atoms with Crippen molar-refractivity contribution in [1.29, 1.82) is 0 Å². The molecule has 3 aromatic rings. The lowest BCUT2D eigenvalue weighted by molar-refractivity contribution is 1.02. The van der Waals surface area contributed by atoms with Gasteiger partial charge >= 0.3 is 0 Å². The van der Waals surface area contributed by atoms with Gasteiger partial charge in [0.15, 0.2) is 0 Å². The third-order valence-electron chi connectivity index (χ3n) is 3.86. The molecule has 0 fully saturated rings. The van der Waals surface area contributed by atoms with E-state index in [-0.39, 0.29) is 0 Å². The molecule has 0 aliphatic carbocycles. The van der Waals surface area contributed by atoms with Crippen molar-refractivity contribution < 1.29 is 0 Å². The van der Waals surface area contributed by atoms with Gasteiger partial charge in [-0.2, -0.15) is 0 Å². The third-order valence-corrected chi connectivity index (χ3v) is 3.86. The van der Waals surface area contributed by atoms with Crippen LogP contribution in [0.3, 0.4) is 0 Å². The number of nitrogens with zero attached hydrogens (tertiary/aromatic N) is 1. The minimum absolute atomic E-state index is 0.584. The Morgan fingerprint density at radius 2 is 1.57 bits per heavy atom. The van der Waals surface area contributed by atoms with Crippen molar-refractivity contribution in [3.8, 4) is 0 Å². The van der Waals surface area contributed by atoms with Crippen molar-refractivity contribution in [2.24, 2.45) is 5.73 Å². The topological polar surface area (TPSA) is 29.3 Å². The molecule has 0 aliphatic heterocycles. The summed E-state index contributed by atoms with van der Waals surface area (Å²) >= 11 is 0. The smallest absolute Gasteiger partial charge is 0.0490 e. The molecule has 21 heavy (non-hydrogen) atoms. The normalized spacial score (nSPS) is 10.8. The molecule has 0 bridgehead atoms. The molecule has 0 saturated carbocycles. The second-order valence-electron chi connectivity index (χ2n) is 5.11. The first kappa shape index (κ1) is 13.7. The Balaban J connectivity index is 2.09. The zero-order valence-corrected chi connectivity index (χ0v) is 12.3. The van der Waals surface area contributed by atoms with E-state index in [4.69, 9.17) is 5.73 Å². The highest BCUT2D eigenvalue weighted by molar-refractivity contribution is 5.96. The average molecular weight is 276 g/mol. The van der Waals surface area contributed by atoms with Crippen LogP contribution in [0, 0.1) is 0 Å². The number of fused-ring (bicyclic) bond motifs is 1. The maximum Gasteiger partial charge on any atom is 0.0490 e. The summed E-state index contributed by atoms with van der Waals surface area (Å²) in [5.41, 5.74) is 9.29. The minimum atomic E-state index is 0.584. The molecule has 106 valence electrons. The van der Waals surface area contributed by atoms with Gasteiger partial charge in [-0.15, -0.1) is 0 Å². The van der Waals surface area contributed by atoms with Gasteiger partial charge in [0.2, 0.25) is 0 Å². The maximum absolute atomic E-state index is 5.68. The van der Waals surface area contributed by atoms with Gasteiger partial charge in [-0.05, 0) is 36.1 Å². The molecule has 0 radical (unpaired) electrons. The number of rotatable bonds is 4. The van der Waals surface area contributed by atoms with E-state index in [0.29, 0.717) is 6.54 Å². The van der Waals surface area contributed by atoms with Crippen molar-refractivity contribution >= 4 is 22.1 Å². The fraction of sp³-hybridized carbons (Fsp3) is 0.158. The van der Waals surface area contributed by atoms with Gasteiger partial charge in [0, 0.05) is 29.9 Å². The van der Waals surface area contributed by atoms with Gasteiger partial charge in [-0.3, -0.25) is 0 Å². The molecule has 2 N–H and O–H groups in total. The van der Waals surface area contributed by atoms with Crippen molar-refractivity contribution in [2.75, 3.05) is 11.4 Å². The number of nitrogens with two attached hydrogens (primary N) is 1. The van der Waals surface area contributed by atoms with Crippen LogP contribution in [-0.2, 0) is 6.54 Å². The molecule has 3 aromatic carbocycles. The van der Waals surface area contributed by atoms with Crippen LogP contribution in [0.5, 0.6) is 0 Å². The first-order chi connectivity index (χ1) is 10.3. The van der Waals surface area contributed by atoms with Crippen molar-refractivity contribution in [3.63, 3.8) is 0 Å². The standard InChI is InChI=1S/C19H20N2/c1-2-21(17-12-10-15(14-20)11-13-17)19-9-5-7-16-6-3-4-8-18(16)19/h3-13H,2,14,20H2,1H3. The molecule has 2 nitrogen and oxygen atoms in total. The summed E-state index contributed by atoms with van der Waals surface area (Å²) in [6, 6.07) is 23.5. The first-order valence-corrected chi connectivity index (χ1v) is 7.38. The zero-order valence-electron chi connectivity index (χ0n) is 12.3. The van der Waals surface area contributed by atoms with Crippen LogP contribution in [0.15, 0.2) is 66.7 Å². The lowest BCUT2D eigenvalue weighted by Gasteiger charge is -2.25. The van der Waals surface area contributed by atoms with Crippen LogP contribution in [0.1, 0.15) is 12.5 Å². The lowest BCUT2D eigenvalue weighted by atomic mass is 10.1. The number of anilines is 2. The lowest BCUT2D eigenvalue weighted by Crippen LogP contribution is -2.16. The molecular weight excluding hydrogens is 256 g/mol. The molecule has 0 aliphatic rings. The fourth-order valence-electron chi connectivity index (χ4n) is 2.75. The molecule has 0 unspecified atom stereocenters. The van der Waals surface area contributed by atoms with E-state index < -0.39 is 0 Å². The van der Waals surface area contributed by atoms with Gasteiger partial charge in [0.05, 0.1) is 0 Å². The molecule has 0 spiro atoms. The van der Waals surface area contributed by atoms with E-state index in [9.17, 15) is 0 Å². The van der Waals surface area contributed by atoms with Crippen LogP contribution in [0.25, 0.3) is 10.8 Å². The zero-order chi connectivity index (χ0) is 14.7. The summed E-state index contributed by atoms with van der Waals surface area (Å²) in [6.07, 6.45) is 0. The Morgan fingerprint density at radius 3 is 2.29 bits per heavy atom. The summed E-state index contributed by atoms with van der Waals surface area (Å²) in [5.74, 6) is 0. The number of hydrogen-bond donors (Lipinski definition) is 1. The summed E-state index contributed by atoms with van der Waals surface area (Å²) in [7, 11) is 0. The Morgan fingerprint density at radius 1 is 0.857 bits per heavy atom. The van der Waals surface area contributed by atoms with Crippen LogP contribution in [0.2, 0.25) is 0 Å². The Hall–Kier alpha value is -2.32. The average Bonchev–Trinajstić information content (AvgIpc) is 2.56. The van der Waals surface area contributed by atoms with E-state index in [2.05, 4.69) is 78.6 Å². The summed E-state index contributed by atoms with van der Waals surface area (Å²) in [6.45, 7) is 3.69. The SMILES string of the molecule is CCN(c1ccc(CN)cc1)c1cccc2ccccc12. The van der Waals surface area contributed by atoms with E-state index >= 15 is 0 Å². The van der Waals surface area contributed by atoms with Crippen molar-refractivity contribution in [3.05, 3.63) is 72.3 Å². The molecule has 0 saturated heterocycles. The van der Waals surface area contributed by atoms with E-state index in [0.717, 1.165) is 12.1 Å². The summed E-state index contributed by atoms with van der Waals surface area (Å²) in [4.78, 5) is 2.34.